The van der Waals surface area contributed by atoms with E-state index in [9.17, 15) is 0 Å². The van der Waals surface area contributed by atoms with Crippen LogP contribution in [0.4, 0.5) is 0 Å². The molecule has 1 aliphatic heterocycles. The van der Waals surface area contributed by atoms with E-state index in [0.29, 0.717) is 11.9 Å². The Labute approximate surface area is 380 Å². The van der Waals surface area contributed by atoms with Crippen LogP contribution in [0.2, 0.25) is 0 Å². The second-order valence-electron chi connectivity index (χ2n) is 18.4. The molecule has 15 rings (SSSR count). The van der Waals surface area contributed by atoms with Crippen molar-refractivity contribution in [1.29, 1.82) is 0 Å². The monoisotopic (exact) mass is 844 g/mol. The van der Waals surface area contributed by atoms with E-state index in [4.69, 9.17) is 14.7 Å². The van der Waals surface area contributed by atoms with Crippen LogP contribution in [0.15, 0.2) is 194 Å². The Bertz CT molecular complexity index is 4060. The Balaban J connectivity index is 0.924. The van der Waals surface area contributed by atoms with Gasteiger partial charge >= 0.3 is 0 Å². The molecule has 4 heterocycles. The summed E-state index contributed by atoms with van der Waals surface area (Å²) in [5.41, 5.74) is 13.3. The maximum atomic E-state index is 6.80. The quantitative estimate of drug-likeness (QED) is 0.162. The Morgan fingerprint density at radius 2 is 1.06 bits per heavy atom. The highest BCUT2D eigenvalue weighted by atomic mass is 16.5. The normalized spacial score (nSPS) is 15.8. The highest BCUT2D eigenvalue weighted by Gasteiger charge is 2.39. The number of nitrogens with zero attached hydrogens (tertiary/aromatic N) is 4. The Morgan fingerprint density at radius 1 is 0.424 bits per heavy atom. The molecule has 0 saturated heterocycles. The van der Waals surface area contributed by atoms with Gasteiger partial charge in [-0.1, -0.05) is 140 Å². The van der Waals surface area contributed by atoms with Crippen molar-refractivity contribution < 1.29 is 4.74 Å². The maximum Gasteiger partial charge on any atom is 0.235 e. The van der Waals surface area contributed by atoms with E-state index in [1.54, 1.807) is 0 Å². The fourth-order valence-electron chi connectivity index (χ4n) is 11.8. The van der Waals surface area contributed by atoms with Crippen molar-refractivity contribution in [2.75, 3.05) is 0 Å². The van der Waals surface area contributed by atoms with Gasteiger partial charge in [0.15, 0.2) is 0 Å². The Kier molecular flexibility index (Phi) is 7.45. The zero-order chi connectivity index (χ0) is 43.0. The van der Waals surface area contributed by atoms with Crippen LogP contribution in [-0.4, -0.2) is 25.2 Å². The van der Waals surface area contributed by atoms with Crippen LogP contribution in [0.1, 0.15) is 30.7 Å². The molecule has 2 aliphatic rings. The summed E-state index contributed by atoms with van der Waals surface area (Å²) < 4.78 is 11.5. The summed E-state index contributed by atoms with van der Waals surface area (Å²) in [4.78, 5) is 10.8. The molecule has 66 heavy (non-hydrogen) atoms. The van der Waals surface area contributed by atoms with Crippen molar-refractivity contribution in [1.82, 2.24) is 19.1 Å². The average molecular weight is 845 g/mol. The smallest absolute Gasteiger partial charge is 0.235 e. The van der Waals surface area contributed by atoms with E-state index in [-0.39, 0.29) is 6.10 Å². The second-order valence-corrected chi connectivity index (χ2v) is 18.4. The van der Waals surface area contributed by atoms with E-state index < -0.39 is 0 Å². The molecule has 2 atom stereocenters. The first kappa shape index (κ1) is 36.1. The summed E-state index contributed by atoms with van der Waals surface area (Å²) in [5.74, 6) is 2.20. The summed E-state index contributed by atoms with van der Waals surface area (Å²) in [5, 5.41) is 12.2. The largest absolute Gasteiger partial charge is 0.487 e. The first-order chi connectivity index (χ1) is 32.7. The average Bonchev–Trinajstić information content (AvgIpc) is 4.15. The summed E-state index contributed by atoms with van der Waals surface area (Å²) in [6.45, 7) is 0. The minimum absolute atomic E-state index is 0.289. The molecule has 0 spiro atoms. The predicted molar refractivity (Wildman–Crippen MR) is 272 cm³/mol. The van der Waals surface area contributed by atoms with E-state index in [2.05, 4.69) is 203 Å². The molecule has 13 aromatic rings. The van der Waals surface area contributed by atoms with Gasteiger partial charge in [-0.15, -0.1) is 0 Å². The summed E-state index contributed by atoms with van der Waals surface area (Å²) >= 11 is 0. The molecular formula is C61H40N4O. The van der Waals surface area contributed by atoms with Crippen LogP contribution < -0.4 is 4.74 Å². The van der Waals surface area contributed by atoms with E-state index in [1.165, 1.54) is 83.7 Å². The second kappa shape index (κ2) is 13.6. The SMILES string of the molecule is c1cc2c(c(-n3c4cccc5ccc6c(-c7ccc8c(c7)c7ccccc7n8-c7nc(-c8ccc9ccccc9c8)cc(-c8ccc9ccccc9c8)n7)ccc3c6c54)c1)OC1CCCC21. The Hall–Kier alpha value is -8.28. The van der Waals surface area contributed by atoms with E-state index in [1.807, 2.05) is 0 Å². The van der Waals surface area contributed by atoms with Gasteiger partial charge in [-0.25, -0.2) is 9.97 Å². The molecule has 1 aliphatic carbocycles. The minimum Gasteiger partial charge on any atom is -0.487 e. The van der Waals surface area contributed by atoms with Gasteiger partial charge in [-0.2, -0.15) is 0 Å². The fourth-order valence-corrected chi connectivity index (χ4v) is 11.8. The minimum atomic E-state index is 0.289. The number of hydrogen-bond acceptors (Lipinski definition) is 3. The maximum absolute atomic E-state index is 6.80. The summed E-state index contributed by atoms with van der Waals surface area (Å²) in [7, 11) is 0. The molecule has 3 aromatic heterocycles. The van der Waals surface area contributed by atoms with Crippen molar-refractivity contribution >= 4 is 75.9 Å². The van der Waals surface area contributed by atoms with Gasteiger partial charge in [0.2, 0.25) is 5.95 Å². The van der Waals surface area contributed by atoms with Crippen molar-refractivity contribution in [2.45, 2.75) is 31.3 Å². The van der Waals surface area contributed by atoms with Gasteiger partial charge in [-0.05, 0) is 117 Å². The zero-order valence-corrected chi connectivity index (χ0v) is 35.9. The number of hydrogen-bond donors (Lipinski definition) is 0. The van der Waals surface area contributed by atoms with Gasteiger partial charge in [0.25, 0.3) is 0 Å². The van der Waals surface area contributed by atoms with Crippen LogP contribution in [-0.2, 0) is 0 Å². The molecule has 2 unspecified atom stereocenters. The molecule has 0 bridgehead atoms. The topological polar surface area (TPSA) is 44.9 Å². The van der Waals surface area contributed by atoms with Gasteiger partial charge in [0.05, 0.1) is 39.1 Å². The number of benzene rings is 10. The summed E-state index contributed by atoms with van der Waals surface area (Å²) in [6, 6.07) is 70.8. The van der Waals surface area contributed by atoms with Crippen LogP contribution in [0.3, 0.4) is 0 Å². The van der Waals surface area contributed by atoms with Gasteiger partial charge in [0.1, 0.15) is 11.9 Å². The van der Waals surface area contributed by atoms with Crippen LogP contribution in [0, 0.1) is 0 Å². The Morgan fingerprint density at radius 3 is 1.86 bits per heavy atom. The lowest BCUT2D eigenvalue weighted by Crippen LogP contribution is -2.11. The van der Waals surface area contributed by atoms with Crippen LogP contribution in [0.5, 0.6) is 5.75 Å². The zero-order valence-electron chi connectivity index (χ0n) is 35.9. The molecule has 0 amide bonds. The first-order valence-corrected chi connectivity index (χ1v) is 23.2. The molecule has 5 heteroatoms. The van der Waals surface area contributed by atoms with Gasteiger partial charge < -0.3 is 9.30 Å². The lowest BCUT2D eigenvalue weighted by atomic mass is 9.94. The highest BCUT2D eigenvalue weighted by Crippen LogP contribution is 2.51. The number of fused-ring (bicyclic) bond motifs is 8. The van der Waals surface area contributed by atoms with Gasteiger partial charge in [-0.3, -0.25) is 4.57 Å². The van der Waals surface area contributed by atoms with Gasteiger partial charge in [0, 0.05) is 44.2 Å². The van der Waals surface area contributed by atoms with Crippen molar-refractivity contribution in [3.63, 3.8) is 0 Å². The lowest BCUT2D eigenvalue weighted by molar-refractivity contribution is 0.225. The standard InChI is InChI=1S/C61H40N4O/c1-3-12-39-32-42(24-22-36(39)10-1)50-35-51(43-25-23-37-11-2-4-13-40(37)33-43)63-61(62-50)65-52-18-6-5-15-45(52)49-34-41(27-30-53(49)65)44-29-31-55-59-47(44)28-26-38-14-7-19-54(58(38)59)64(55)56-20-8-17-48-46-16-9-21-57(46)66-60(48)56/h1-8,10-15,17-20,22-35,46,57H,9,16,21H2. The third-order valence-corrected chi connectivity index (χ3v) is 14.8. The van der Waals surface area contributed by atoms with Crippen LogP contribution >= 0.6 is 0 Å². The van der Waals surface area contributed by atoms with Crippen LogP contribution in [0.25, 0.3) is 121 Å². The lowest BCUT2D eigenvalue weighted by Gasteiger charge is -2.14. The molecule has 5 nitrogen and oxygen atoms in total. The number of aromatic nitrogens is 4. The molecule has 1 saturated carbocycles. The number of rotatable bonds is 5. The van der Waals surface area contributed by atoms with Crippen molar-refractivity contribution in [3.8, 4) is 51.0 Å². The number of para-hydroxylation sites is 2. The molecule has 1 fully saturated rings. The molecule has 310 valence electrons. The predicted octanol–water partition coefficient (Wildman–Crippen LogP) is 15.6. The number of ether oxygens (including phenoxy) is 1. The van der Waals surface area contributed by atoms with Crippen molar-refractivity contribution in [2.24, 2.45) is 0 Å². The van der Waals surface area contributed by atoms with E-state index >= 15 is 0 Å². The summed E-state index contributed by atoms with van der Waals surface area (Å²) in [6.07, 6.45) is 3.86. The van der Waals surface area contributed by atoms with E-state index in [0.717, 1.165) is 62.2 Å². The third kappa shape index (κ3) is 5.17. The van der Waals surface area contributed by atoms with Crippen molar-refractivity contribution in [3.05, 3.63) is 200 Å². The molecule has 0 radical (unpaired) electrons. The molecular weight excluding hydrogens is 805 g/mol. The first-order valence-electron chi connectivity index (χ1n) is 23.2. The third-order valence-electron chi connectivity index (χ3n) is 14.8. The molecule has 0 N–H and O–H groups in total. The highest BCUT2D eigenvalue weighted by molar-refractivity contribution is 6.27. The molecule has 10 aromatic carbocycles. The fraction of sp³-hybridized carbons (Fsp3) is 0.0820.